The van der Waals surface area contributed by atoms with Crippen molar-refractivity contribution in [2.45, 2.75) is 6.54 Å². The number of hydrogen-bond donors (Lipinski definition) is 0. The summed E-state index contributed by atoms with van der Waals surface area (Å²) in [6.07, 6.45) is 1.51. The molecule has 10 heteroatoms. The van der Waals surface area contributed by atoms with Crippen molar-refractivity contribution in [3.05, 3.63) is 40.8 Å². The topological polar surface area (TPSA) is 96.7 Å². The summed E-state index contributed by atoms with van der Waals surface area (Å²) < 4.78 is 6.55. The van der Waals surface area contributed by atoms with Crippen molar-refractivity contribution in [2.75, 3.05) is 62.3 Å². The second-order valence-electron chi connectivity index (χ2n) is 6.74. The molecule has 0 N–H and O–H groups in total. The molecule has 4 rings (SSSR count). The number of amides is 1. The fourth-order valence-electron chi connectivity index (χ4n) is 3.37. The third-order valence-electron chi connectivity index (χ3n) is 5.00. The second kappa shape index (κ2) is 8.34. The lowest BCUT2D eigenvalue weighted by atomic mass is 10.3. The average Bonchev–Trinajstić information content (AvgIpc) is 2.76. The third-order valence-corrected chi connectivity index (χ3v) is 5.00. The Morgan fingerprint density at radius 1 is 0.929 bits per heavy atom. The van der Waals surface area contributed by atoms with Crippen LogP contribution in [0.2, 0.25) is 0 Å². The van der Waals surface area contributed by atoms with Crippen molar-refractivity contribution in [2.24, 2.45) is 0 Å². The smallest absolute Gasteiger partial charge is 0.267 e. The van der Waals surface area contributed by atoms with Crippen molar-refractivity contribution in [3.8, 4) is 0 Å². The molecule has 1 amide bonds. The molecule has 10 nitrogen and oxygen atoms in total. The molecule has 28 heavy (non-hydrogen) atoms. The Morgan fingerprint density at radius 2 is 1.57 bits per heavy atom. The van der Waals surface area contributed by atoms with E-state index in [1.165, 1.54) is 16.9 Å². The van der Waals surface area contributed by atoms with Crippen LogP contribution in [0.4, 0.5) is 11.6 Å². The molecular formula is C18H23N7O3. The highest BCUT2D eigenvalue weighted by atomic mass is 16.5. The Balaban J connectivity index is 1.31. The minimum Gasteiger partial charge on any atom is -0.378 e. The van der Waals surface area contributed by atoms with Crippen molar-refractivity contribution in [1.82, 2.24) is 24.9 Å². The summed E-state index contributed by atoms with van der Waals surface area (Å²) in [5.74, 6) is 1.57. The number of carbonyl (C=O) groups is 1. The van der Waals surface area contributed by atoms with Gasteiger partial charge in [0.1, 0.15) is 6.54 Å². The summed E-state index contributed by atoms with van der Waals surface area (Å²) >= 11 is 0. The van der Waals surface area contributed by atoms with Crippen LogP contribution in [0, 0.1) is 0 Å². The van der Waals surface area contributed by atoms with Crippen LogP contribution in [0.3, 0.4) is 0 Å². The first-order valence-electron chi connectivity index (χ1n) is 9.42. The molecular weight excluding hydrogens is 362 g/mol. The quantitative estimate of drug-likeness (QED) is 0.676. The lowest BCUT2D eigenvalue weighted by molar-refractivity contribution is -0.132. The number of anilines is 2. The molecule has 0 bridgehead atoms. The summed E-state index contributed by atoms with van der Waals surface area (Å²) in [6.45, 7) is 5.55. The molecule has 4 heterocycles. The Bertz CT molecular complexity index is 856. The number of aromatic nitrogens is 4. The van der Waals surface area contributed by atoms with Crippen LogP contribution < -0.4 is 15.4 Å². The van der Waals surface area contributed by atoms with Crippen molar-refractivity contribution >= 4 is 17.5 Å². The Morgan fingerprint density at radius 3 is 2.18 bits per heavy atom. The van der Waals surface area contributed by atoms with E-state index in [9.17, 15) is 9.59 Å². The number of nitrogens with zero attached hydrogens (tertiary/aromatic N) is 7. The van der Waals surface area contributed by atoms with Gasteiger partial charge in [-0.1, -0.05) is 0 Å². The van der Waals surface area contributed by atoms with Crippen LogP contribution >= 0.6 is 0 Å². The Kier molecular flexibility index (Phi) is 5.47. The van der Waals surface area contributed by atoms with E-state index in [0.29, 0.717) is 39.4 Å². The van der Waals surface area contributed by atoms with E-state index in [0.717, 1.165) is 24.7 Å². The van der Waals surface area contributed by atoms with E-state index in [1.807, 2.05) is 12.1 Å². The molecule has 148 valence electrons. The zero-order valence-corrected chi connectivity index (χ0v) is 15.6. The van der Waals surface area contributed by atoms with Gasteiger partial charge in [0.2, 0.25) is 5.91 Å². The SMILES string of the molecule is O=C(Cn1ncccc1=O)N1CCN(c2ccc(N3CCOCC3)nn2)CC1. The monoisotopic (exact) mass is 385 g/mol. The van der Waals surface area contributed by atoms with E-state index < -0.39 is 0 Å². The lowest BCUT2D eigenvalue weighted by Gasteiger charge is -2.35. The molecule has 0 saturated carbocycles. The predicted octanol–water partition coefficient (Wildman–Crippen LogP) is -0.781. The molecule has 2 saturated heterocycles. The summed E-state index contributed by atoms with van der Waals surface area (Å²) in [6, 6.07) is 6.92. The van der Waals surface area contributed by atoms with E-state index in [1.54, 1.807) is 11.0 Å². The van der Waals surface area contributed by atoms with Gasteiger partial charge in [-0.05, 0) is 18.2 Å². The standard InChI is InChI=1S/C18H23N7O3/c26-17-2-1-5-19-25(17)14-18(27)24-8-6-22(7-9-24)15-3-4-16(21-20-15)23-10-12-28-13-11-23/h1-5H,6-14H2. The molecule has 0 aromatic carbocycles. The van der Waals surface area contributed by atoms with Gasteiger partial charge in [-0.15, -0.1) is 10.2 Å². The predicted molar refractivity (Wildman–Crippen MR) is 102 cm³/mol. The normalized spacial score (nSPS) is 17.6. The summed E-state index contributed by atoms with van der Waals surface area (Å²) in [7, 11) is 0. The molecule has 0 radical (unpaired) electrons. The maximum absolute atomic E-state index is 12.4. The average molecular weight is 385 g/mol. The van der Waals surface area contributed by atoms with Gasteiger partial charge in [0.05, 0.1) is 13.2 Å². The first-order valence-corrected chi connectivity index (χ1v) is 9.42. The highest BCUT2D eigenvalue weighted by Crippen LogP contribution is 2.17. The largest absolute Gasteiger partial charge is 0.378 e. The maximum atomic E-state index is 12.4. The molecule has 2 fully saturated rings. The number of rotatable bonds is 4. The van der Waals surface area contributed by atoms with Gasteiger partial charge in [0.25, 0.3) is 5.56 Å². The molecule has 2 aliphatic heterocycles. The van der Waals surface area contributed by atoms with Crippen LogP contribution in [0.1, 0.15) is 0 Å². The van der Waals surface area contributed by atoms with Crippen molar-refractivity contribution < 1.29 is 9.53 Å². The fraction of sp³-hybridized carbons (Fsp3) is 0.500. The van der Waals surface area contributed by atoms with Gasteiger partial charge in [-0.2, -0.15) is 5.10 Å². The van der Waals surface area contributed by atoms with Crippen LogP contribution in [-0.4, -0.2) is 83.3 Å². The second-order valence-corrected chi connectivity index (χ2v) is 6.74. The minimum absolute atomic E-state index is 0.0340. The number of ether oxygens (including phenoxy) is 1. The molecule has 0 unspecified atom stereocenters. The molecule has 0 atom stereocenters. The van der Waals surface area contributed by atoms with E-state index >= 15 is 0 Å². The highest BCUT2D eigenvalue weighted by molar-refractivity contribution is 5.76. The lowest BCUT2D eigenvalue weighted by Crippen LogP contribution is -2.50. The van der Waals surface area contributed by atoms with Gasteiger partial charge in [0, 0.05) is 51.5 Å². The van der Waals surface area contributed by atoms with Gasteiger partial charge in [-0.25, -0.2) is 4.68 Å². The molecule has 2 aromatic heterocycles. The van der Waals surface area contributed by atoms with E-state index in [2.05, 4.69) is 25.1 Å². The van der Waals surface area contributed by atoms with E-state index in [4.69, 9.17) is 4.74 Å². The van der Waals surface area contributed by atoms with Gasteiger partial charge in [0.15, 0.2) is 11.6 Å². The zero-order valence-electron chi connectivity index (χ0n) is 15.6. The van der Waals surface area contributed by atoms with E-state index in [-0.39, 0.29) is 18.0 Å². The van der Waals surface area contributed by atoms with Crippen LogP contribution in [0.5, 0.6) is 0 Å². The maximum Gasteiger partial charge on any atom is 0.267 e. The fourth-order valence-corrected chi connectivity index (χ4v) is 3.37. The summed E-state index contributed by atoms with van der Waals surface area (Å²) in [4.78, 5) is 30.2. The van der Waals surface area contributed by atoms with Gasteiger partial charge in [-0.3, -0.25) is 9.59 Å². The van der Waals surface area contributed by atoms with Crippen LogP contribution in [0.25, 0.3) is 0 Å². The van der Waals surface area contributed by atoms with Crippen LogP contribution in [-0.2, 0) is 16.1 Å². The molecule has 2 aliphatic rings. The molecule has 0 aliphatic carbocycles. The van der Waals surface area contributed by atoms with Crippen molar-refractivity contribution in [3.63, 3.8) is 0 Å². The number of morpholine rings is 1. The first-order chi connectivity index (χ1) is 13.7. The number of carbonyl (C=O) groups excluding carboxylic acids is 1. The number of hydrogen-bond acceptors (Lipinski definition) is 8. The summed E-state index contributed by atoms with van der Waals surface area (Å²) in [5, 5.41) is 12.6. The Hall–Kier alpha value is -3.01. The Labute approximate surface area is 162 Å². The third kappa shape index (κ3) is 4.11. The number of piperazine rings is 1. The summed E-state index contributed by atoms with van der Waals surface area (Å²) in [5.41, 5.74) is -0.273. The first kappa shape index (κ1) is 18.4. The minimum atomic E-state index is -0.273. The highest BCUT2D eigenvalue weighted by Gasteiger charge is 2.23. The van der Waals surface area contributed by atoms with Crippen molar-refractivity contribution in [1.29, 1.82) is 0 Å². The molecule has 0 spiro atoms. The van der Waals surface area contributed by atoms with Gasteiger partial charge >= 0.3 is 0 Å². The van der Waals surface area contributed by atoms with Crippen LogP contribution in [0.15, 0.2) is 35.3 Å². The van der Waals surface area contributed by atoms with Gasteiger partial charge < -0.3 is 19.4 Å². The molecule has 2 aromatic rings. The zero-order chi connectivity index (χ0) is 19.3.